The van der Waals surface area contributed by atoms with E-state index < -0.39 is 0 Å². The zero-order valence-electron chi connectivity index (χ0n) is 10.5. The molecule has 0 radical (unpaired) electrons. The molecular formula is C13H17Br2NO3. The van der Waals surface area contributed by atoms with Crippen LogP contribution in [-0.2, 0) is 4.79 Å². The first kappa shape index (κ1) is 16.5. The second-order valence-corrected chi connectivity index (χ2v) is 5.77. The molecular weight excluding hydrogens is 378 g/mol. The minimum atomic E-state index is -0.140. The largest absolute Gasteiger partial charge is 0.483 e. The van der Waals surface area contributed by atoms with E-state index in [9.17, 15) is 4.79 Å². The first-order valence-electron chi connectivity index (χ1n) is 6.09. The number of amides is 1. The number of carbonyl (C=O) groups excluding carboxylic acids is 1. The standard InChI is InChI=1S/C13H17Br2NO3/c14-10-4-5-12(11(15)8-10)19-9-13(18)16-6-2-1-3-7-17/h4-5,8,17H,1-3,6-7,9H2,(H,16,18). The molecule has 0 aliphatic carbocycles. The van der Waals surface area contributed by atoms with Crippen molar-refractivity contribution in [3.05, 3.63) is 27.1 Å². The van der Waals surface area contributed by atoms with E-state index in [1.165, 1.54) is 0 Å². The quantitative estimate of drug-likeness (QED) is 0.666. The van der Waals surface area contributed by atoms with Gasteiger partial charge in [0.1, 0.15) is 5.75 Å². The van der Waals surface area contributed by atoms with Crippen LogP contribution in [-0.4, -0.2) is 30.8 Å². The Labute approximate surface area is 129 Å². The van der Waals surface area contributed by atoms with Crippen LogP contribution in [0.4, 0.5) is 0 Å². The molecule has 6 heteroatoms. The molecule has 1 aromatic carbocycles. The molecule has 0 saturated heterocycles. The molecule has 0 spiro atoms. The van der Waals surface area contributed by atoms with Crippen LogP contribution in [0.3, 0.4) is 0 Å². The maximum absolute atomic E-state index is 11.5. The first-order chi connectivity index (χ1) is 9.13. The third-order valence-electron chi connectivity index (χ3n) is 2.41. The van der Waals surface area contributed by atoms with Crippen molar-refractivity contribution in [2.24, 2.45) is 0 Å². The molecule has 0 aliphatic heterocycles. The van der Waals surface area contributed by atoms with Gasteiger partial charge < -0.3 is 15.2 Å². The maximum atomic E-state index is 11.5. The molecule has 106 valence electrons. The molecule has 1 aromatic rings. The Morgan fingerprint density at radius 3 is 2.74 bits per heavy atom. The van der Waals surface area contributed by atoms with Gasteiger partial charge in [0.05, 0.1) is 4.47 Å². The molecule has 0 aromatic heterocycles. The van der Waals surface area contributed by atoms with Crippen LogP contribution in [0, 0.1) is 0 Å². The summed E-state index contributed by atoms with van der Waals surface area (Å²) in [7, 11) is 0. The van der Waals surface area contributed by atoms with Crippen molar-refractivity contribution in [3.8, 4) is 5.75 Å². The number of ether oxygens (including phenoxy) is 1. The molecule has 0 atom stereocenters. The number of benzene rings is 1. The number of carbonyl (C=O) groups is 1. The molecule has 2 N–H and O–H groups in total. The number of aliphatic hydroxyl groups is 1. The van der Waals surface area contributed by atoms with Gasteiger partial charge in [-0.15, -0.1) is 0 Å². The van der Waals surface area contributed by atoms with Crippen LogP contribution < -0.4 is 10.1 Å². The van der Waals surface area contributed by atoms with Crippen molar-refractivity contribution in [1.29, 1.82) is 0 Å². The Morgan fingerprint density at radius 2 is 2.05 bits per heavy atom. The number of aliphatic hydroxyl groups excluding tert-OH is 1. The Balaban J connectivity index is 2.22. The summed E-state index contributed by atoms with van der Waals surface area (Å²) < 4.78 is 7.16. The molecule has 4 nitrogen and oxygen atoms in total. The van der Waals surface area contributed by atoms with Gasteiger partial charge in [-0.1, -0.05) is 15.9 Å². The molecule has 0 fully saturated rings. The zero-order valence-corrected chi connectivity index (χ0v) is 13.7. The van der Waals surface area contributed by atoms with E-state index in [0.29, 0.717) is 12.3 Å². The van der Waals surface area contributed by atoms with E-state index in [-0.39, 0.29) is 19.1 Å². The minimum absolute atomic E-state index is 0.000231. The fraction of sp³-hybridized carbons (Fsp3) is 0.462. The lowest BCUT2D eigenvalue weighted by atomic mass is 10.2. The summed E-state index contributed by atoms with van der Waals surface area (Å²) in [5.74, 6) is 0.498. The summed E-state index contributed by atoms with van der Waals surface area (Å²) in [6.45, 7) is 0.818. The number of hydrogen-bond donors (Lipinski definition) is 2. The van der Waals surface area contributed by atoms with E-state index in [1.54, 1.807) is 6.07 Å². The second-order valence-electron chi connectivity index (χ2n) is 4.00. The van der Waals surface area contributed by atoms with Crippen LogP contribution in [0.25, 0.3) is 0 Å². The summed E-state index contributed by atoms with van der Waals surface area (Å²) in [6, 6.07) is 5.51. The zero-order chi connectivity index (χ0) is 14.1. The van der Waals surface area contributed by atoms with E-state index in [2.05, 4.69) is 37.2 Å². The highest BCUT2D eigenvalue weighted by Gasteiger charge is 2.05. The molecule has 0 bridgehead atoms. The van der Waals surface area contributed by atoms with E-state index >= 15 is 0 Å². The number of nitrogens with one attached hydrogen (secondary N) is 1. The highest BCUT2D eigenvalue weighted by Crippen LogP contribution is 2.27. The van der Waals surface area contributed by atoms with Gasteiger partial charge in [-0.05, 0) is 53.4 Å². The third kappa shape index (κ3) is 6.94. The number of rotatable bonds is 8. The normalized spacial score (nSPS) is 10.3. The molecule has 0 heterocycles. The van der Waals surface area contributed by atoms with Gasteiger partial charge in [0.2, 0.25) is 0 Å². The van der Waals surface area contributed by atoms with Crippen LogP contribution in [0.2, 0.25) is 0 Å². The van der Waals surface area contributed by atoms with Crippen LogP contribution in [0.5, 0.6) is 5.75 Å². The predicted octanol–water partition coefficient (Wildman–Crippen LogP) is 2.87. The van der Waals surface area contributed by atoms with Crippen molar-refractivity contribution in [2.75, 3.05) is 19.8 Å². The Kier molecular flexibility index (Phi) is 8.09. The SMILES string of the molecule is O=C(COc1ccc(Br)cc1Br)NCCCCCO. The van der Waals surface area contributed by atoms with Crippen LogP contribution in [0.15, 0.2) is 27.1 Å². The number of halogens is 2. The summed E-state index contributed by atoms with van der Waals surface area (Å²) in [5, 5.41) is 11.4. The van der Waals surface area contributed by atoms with E-state index in [1.807, 2.05) is 12.1 Å². The fourth-order valence-corrected chi connectivity index (χ4v) is 2.59. The lowest BCUT2D eigenvalue weighted by molar-refractivity contribution is -0.123. The van der Waals surface area contributed by atoms with Gasteiger partial charge >= 0.3 is 0 Å². The monoisotopic (exact) mass is 393 g/mol. The average molecular weight is 395 g/mol. The van der Waals surface area contributed by atoms with Gasteiger partial charge in [-0.3, -0.25) is 4.79 Å². The highest BCUT2D eigenvalue weighted by molar-refractivity contribution is 9.11. The van der Waals surface area contributed by atoms with Gasteiger partial charge in [0, 0.05) is 17.6 Å². The molecule has 1 amide bonds. The number of hydrogen-bond acceptors (Lipinski definition) is 3. The first-order valence-corrected chi connectivity index (χ1v) is 7.67. The Bertz CT molecular complexity index is 413. The van der Waals surface area contributed by atoms with Crippen molar-refractivity contribution in [2.45, 2.75) is 19.3 Å². The Morgan fingerprint density at radius 1 is 1.26 bits per heavy atom. The maximum Gasteiger partial charge on any atom is 0.257 e. The molecule has 0 unspecified atom stereocenters. The third-order valence-corrected chi connectivity index (χ3v) is 3.52. The lowest BCUT2D eigenvalue weighted by Crippen LogP contribution is -2.29. The Hall–Kier alpha value is -0.590. The van der Waals surface area contributed by atoms with Crippen molar-refractivity contribution >= 4 is 37.8 Å². The van der Waals surface area contributed by atoms with Gasteiger partial charge in [0.25, 0.3) is 5.91 Å². The molecule has 0 aliphatic rings. The van der Waals surface area contributed by atoms with Gasteiger partial charge in [-0.2, -0.15) is 0 Å². The summed E-state index contributed by atoms with van der Waals surface area (Å²) in [6.07, 6.45) is 2.56. The predicted molar refractivity (Wildman–Crippen MR) is 81.3 cm³/mol. The van der Waals surface area contributed by atoms with E-state index in [0.717, 1.165) is 28.2 Å². The fourth-order valence-electron chi connectivity index (χ4n) is 1.43. The highest BCUT2D eigenvalue weighted by atomic mass is 79.9. The van der Waals surface area contributed by atoms with Crippen molar-refractivity contribution in [1.82, 2.24) is 5.32 Å². The van der Waals surface area contributed by atoms with E-state index in [4.69, 9.17) is 9.84 Å². The summed E-state index contributed by atoms with van der Waals surface area (Å²) in [4.78, 5) is 11.5. The van der Waals surface area contributed by atoms with Gasteiger partial charge in [0.15, 0.2) is 6.61 Å². The lowest BCUT2D eigenvalue weighted by Gasteiger charge is -2.09. The topological polar surface area (TPSA) is 58.6 Å². The van der Waals surface area contributed by atoms with Gasteiger partial charge in [-0.25, -0.2) is 0 Å². The average Bonchev–Trinajstić information content (AvgIpc) is 2.37. The summed E-state index contributed by atoms with van der Waals surface area (Å²) in [5.41, 5.74) is 0. The molecule has 0 saturated carbocycles. The minimum Gasteiger partial charge on any atom is -0.483 e. The smallest absolute Gasteiger partial charge is 0.257 e. The summed E-state index contributed by atoms with van der Waals surface area (Å²) >= 11 is 6.72. The molecule has 19 heavy (non-hydrogen) atoms. The van der Waals surface area contributed by atoms with Crippen LogP contribution in [0.1, 0.15) is 19.3 Å². The second kappa shape index (κ2) is 9.34. The van der Waals surface area contributed by atoms with Crippen molar-refractivity contribution in [3.63, 3.8) is 0 Å². The van der Waals surface area contributed by atoms with Crippen molar-refractivity contribution < 1.29 is 14.6 Å². The van der Waals surface area contributed by atoms with Crippen LogP contribution >= 0.6 is 31.9 Å². The molecule has 1 rings (SSSR count). The number of unbranched alkanes of at least 4 members (excludes halogenated alkanes) is 2.